The van der Waals surface area contributed by atoms with Crippen LogP contribution in [-0.4, -0.2) is 47.8 Å². The normalized spacial score (nSPS) is 15.9. The molecule has 7 nitrogen and oxygen atoms in total. The number of nitrogens with zero attached hydrogens (tertiary/aromatic N) is 2. The molecule has 0 radical (unpaired) electrons. The van der Waals surface area contributed by atoms with Crippen molar-refractivity contribution in [3.05, 3.63) is 57.5 Å². The van der Waals surface area contributed by atoms with Crippen LogP contribution in [0.3, 0.4) is 0 Å². The molecule has 1 amide bonds. The van der Waals surface area contributed by atoms with Crippen LogP contribution in [0, 0.1) is 12.3 Å². The van der Waals surface area contributed by atoms with Gasteiger partial charge < -0.3 is 14.6 Å². The number of aliphatic imine (C=N–C) groups is 1. The van der Waals surface area contributed by atoms with E-state index in [0.29, 0.717) is 37.8 Å². The molecule has 1 N–H and O–H groups in total. The SMILES string of the molecule is C#CCOc1c(Cl)cc(C=C2SC(=Nc3cccc(C(=O)O)c3)N(C)C2=O)cc1OC. The molecule has 1 saturated heterocycles. The average molecular weight is 457 g/mol. The molecular weight excluding hydrogens is 440 g/mol. The van der Waals surface area contributed by atoms with E-state index in [4.69, 9.17) is 32.6 Å². The summed E-state index contributed by atoms with van der Waals surface area (Å²) in [4.78, 5) is 30.1. The molecule has 1 heterocycles. The Morgan fingerprint density at radius 2 is 2.16 bits per heavy atom. The number of carboxylic acid groups (broad SMARTS) is 1. The third-order valence-corrected chi connectivity index (χ3v) is 5.51. The Morgan fingerprint density at radius 3 is 2.84 bits per heavy atom. The van der Waals surface area contributed by atoms with Gasteiger partial charge >= 0.3 is 5.97 Å². The Hall–Kier alpha value is -3.41. The second-order valence-corrected chi connectivity index (χ2v) is 7.67. The number of thioether (sulfide) groups is 1. The van der Waals surface area contributed by atoms with Crippen LogP contribution >= 0.6 is 23.4 Å². The zero-order chi connectivity index (χ0) is 22.5. The Labute approximate surface area is 188 Å². The molecule has 0 bridgehead atoms. The summed E-state index contributed by atoms with van der Waals surface area (Å²) < 4.78 is 10.8. The summed E-state index contributed by atoms with van der Waals surface area (Å²) in [6.45, 7) is 0.0402. The van der Waals surface area contributed by atoms with Crippen molar-refractivity contribution in [1.82, 2.24) is 4.90 Å². The van der Waals surface area contributed by atoms with Crippen molar-refractivity contribution in [2.75, 3.05) is 20.8 Å². The van der Waals surface area contributed by atoms with Crippen molar-refractivity contribution in [2.24, 2.45) is 4.99 Å². The first-order valence-electron chi connectivity index (χ1n) is 8.87. The van der Waals surface area contributed by atoms with Crippen molar-refractivity contribution in [2.45, 2.75) is 0 Å². The quantitative estimate of drug-likeness (QED) is 0.515. The van der Waals surface area contributed by atoms with Gasteiger partial charge in [-0.05, 0) is 53.7 Å². The van der Waals surface area contributed by atoms with Gasteiger partial charge in [0.2, 0.25) is 0 Å². The van der Waals surface area contributed by atoms with Crippen LogP contribution in [0.1, 0.15) is 15.9 Å². The van der Waals surface area contributed by atoms with E-state index in [1.807, 2.05) is 0 Å². The maximum atomic E-state index is 12.7. The number of ether oxygens (including phenoxy) is 2. The standard InChI is InChI=1S/C22H17ClN2O5S/c1-4-8-30-19-16(23)9-13(10-17(19)29-3)11-18-20(26)25(2)22(31-18)24-15-7-5-6-14(12-15)21(27)28/h1,5-7,9-12H,8H2,2-3H3,(H,27,28). The molecule has 0 atom stereocenters. The van der Waals surface area contributed by atoms with Gasteiger partial charge in [0.05, 0.1) is 28.3 Å². The number of benzene rings is 2. The summed E-state index contributed by atoms with van der Waals surface area (Å²) in [5.74, 6) is 1.78. The van der Waals surface area contributed by atoms with E-state index in [1.54, 1.807) is 37.4 Å². The monoisotopic (exact) mass is 456 g/mol. The molecule has 1 aliphatic rings. The van der Waals surface area contributed by atoms with E-state index in [9.17, 15) is 9.59 Å². The molecule has 0 saturated carbocycles. The molecule has 1 fully saturated rings. The Kier molecular flexibility index (Phi) is 6.90. The average Bonchev–Trinajstić information content (AvgIpc) is 3.00. The first-order chi connectivity index (χ1) is 14.8. The third kappa shape index (κ3) is 5.02. The highest BCUT2D eigenvalue weighted by atomic mass is 35.5. The van der Waals surface area contributed by atoms with Gasteiger partial charge in [0.1, 0.15) is 6.61 Å². The number of halogens is 1. The van der Waals surface area contributed by atoms with Gasteiger partial charge in [0, 0.05) is 7.05 Å². The minimum Gasteiger partial charge on any atom is -0.493 e. The second kappa shape index (κ2) is 9.60. The molecule has 9 heteroatoms. The molecule has 0 spiro atoms. The summed E-state index contributed by atoms with van der Waals surface area (Å²) in [6.07, 6.45) is 6.89. The van der Waals surface area contributed by atoms with Crippen LogP contribution < -0.4 is 9.47 Å². The summed E-state index contributed by atoms with van der Waals surface area (Å²) in [5, 5.41) is 9.85. The summed E-state index contributed by atoms with van der Waals surface area (Å²) in [6, 6.07) is 9.50. The highest BCUT2D eigenvalue weighted by molar-refractivity contribution is 8.18. The Balaban J connectivity index is 1.92. The molecule has 2 aromatic carbocycles. The minimum absolute atomic E-state index is 0.0402. The van der Waals surface area contributed by atoms with Crippen molar-refractivity contribution in [1.29, 1.82) is 0 Å². The van der Waals surface area contributed by atoms with Crippen LogP contribution in [-0.2, 0) is 4.79 Å². The van der Waals surface area contributed by atoms with E-state index in [2.05, 4.69) is 10.9 Å². The van der Waals surface area contributed by atoms with E-state index in [-0.39, 0.29) is 18.1 Å². The smallest absolute Gasteiger partial charge is 0.335 e. The molecular formula is C22H17ClN2O5S. The zero-order valence-corrected chi connectivity index (χ0v) is 18.2. The number of hydrogen-bond donors (Lipinski definition) is 1. The highest BCUT2D eigenvalue weighted by Crippen LogP contribution is 2.39. The fourth-order valence-corrected chi connectivity index (χ4v) is 3.96. The first kappa shape index (κ1) is 22.3. The van der Waals surface area contributed by atoms with Crippen LogP contribution in [0.2, 0.25) is 5.02 Å². The number of rotatable bonds is 6. The zero-order valence-electron chi connectivity index (χ0n) is 16.6. The van der Waals surface area contributed by atoms with E-state index >= 15 is 0 Å². The number of carboxylic acids is 1. The minimum atomic E-state index is -1.05. The molecule has 31 heavy (non-hydrogen) atoms. The number of carbonyl (C=O) groups is 2. The number of amidine groups is 1. The number of aromatic carboxylic acids is 1. The van der Waals surface area contributed by atoms with Gasteiger partial charge in [-0.25, -0.2) is 9.79 Å². The number of carbonyl (C=O) groups excluding carboxylic acids is 1. The first-order valence-corrected chi connectivity index (χ1v) is 10.1. The maximum Gasteiger partial charge on any atom is 0.335 e. The fourth-order valence-electron chi connectivity index (χ4n) is 2.70. The predicted octanol–water partition coefficient (Wildman–Crippen LogP) is 4.29. The molecule has 1 aliphatic heterocycles. The molecule has 2 aromatic rings. The largest absolute Gasteiger partial charge is 0.493 e. The number of hydrogen-bond acceptors (Lipinski definition) is 6. The third-order valence-electron chi connectivity index (χ3n) is 4.17. The van der Waals surface area contributed by atoms with Gasteiger partial charge in [-0.1, -0.05) is 23.6 Å². The van der Waals surface area contributed by atoms with Crippen molar-refractivity contribution >= 4 is 52.2 Å². The van der Waals surface area contributed by atoms with Gasteiger partial charge in [0.25, 0.3) is 5.91 Å². The lowest BCUT2D eigenvalue weighted by Crippen LogP contribution is -2.23. The fraction of sp³-hybridized carbons (Fsp3) is 0.136. The maximum absolute atomic E-state index is 12.7. The van der Waals surface area contributed by atoms with E-state index < -0.39 is 5.97 Å². The van der Waals surface area contributed by atoms with Gasteiger partial charge in [-0.3, -0.25) is 9.69 Å². The summed E-state index contributed by atoms with van der Waals surface area (Å²) in [7, 11) is 3.07. The molecule has 0 unspecified atom stereocenters. The number of amides is 1. The lowest BCUT2D eigenvalue weighted by molar-refractivity contribution is -0.121. The van der Waals surface area contributed by atoms with Crippen LogP contribution in [0.25, 0.3) is 6.08 Å². The van der Waals surface area contributed by atoms with E-state index in [1.165, 1.54) is 35.9 Å². The van der Waals surface area contributed by atoms with Crippen LogP contribution in [0.5, 0.6) is 11.5 Å². The number of methoxy groups -OCH3 is 1. The van der Waals surface area contributed by atoms with Crippen LogP contribution in [0.4, 0.5) is 5.69 Å². The van der Waals surface area contributed by atoms with Crippen LogP contribution in [0.15, 0.2) is 46.3 Å². The summed E-state index contributed by atoms with van der Waals surface area (Å²) in [5.41, 5.74) is 1.18. The van der Waals surface area contributed by atoms with Crippen molar-refractivity contribution < 1.29 is 24.2 Å². The summed E-state index contributed by atoms with van der Waals surface area (Å²) >= 11 is 7.47. The van der Waals surface area contributed by atoms with Crippen molar-refractivity contribution in [3.8, 4) is 23.8 Å². The second-order valence-electron chi connectivity index (χ2n) is 6.25. The highest BCUT2D eigenvalue weighted by Gasteiger charge is 2.30. The topological polar surface area (TPSA) is 88.4 Å². The Morgan fingerprint density at radius 1 is 1.39 bits per heavy atom. The van der Waals surface area contributed by atoms with Crippen molar-refractivity contribution in [3.63, 3.8) is 0 Å². The number of terminal acetylenes is 1. The molecule has 0 aromatic heterocycles. The predicted molar refractivity (Wildman–Crippen MR) is 121 cm³/mol. The lowest BCUT2D eigenvalue weighted by Gasteiger charge is -2.11. The van der Waals surface area contributed by atoms with Gasteiger partial charge in [0.15, 0.2) is 16.7 Å². The molecule has 3 rings (SSSR count). The molecule has 158 valence electrons. The van der Waals surface area contributed by atoms with Gasteiger partial charge in [-0.15, -0.1) is 6.42 Å². The van der Waals surface area contributed by atoms with E-state index in [0.717, 1.165) is 0 Å². The number of likely N-dealkylation sites (N-methyl/N-ethyl adjacent to an activating group) is 1. The lowest BCUT2D eigenvalue weighted by atomic mass is 10.2. The molecule has 0 aliphatic carbocycles. The van der Waals surface area contributed by atoms with Gasteiger partial charge in [-0.2, -0.15) is 0 Å². The Bertz CT molecular complexity index is 1150.